The Balaban J connectivity index is 1.34. The van der Waals surface area contributed by atoms with Crippen molar-refractivity contribution in [1.29, 1.82) is 0 Å². The van der Waals surface area contributed by atoms with Gasteiger partial charge in [-0.15, -0.1) is 23.4 Å². The number of aryl methyl sites for hydroxylation is 1. The summed E-state index contributed by atoms with van der Waals surface area (Å²) >= 11 is 0. The molecule has 1 aromatic carbocycles. The van der Waals surface area contributed by atoms with Crippen molar-refractivity contribution in [2.75, 3.05) is 23.3 Å². The Hall–Kier alpha value is -3.72. The molecule has 2 fully saturated rings. The number of aromatic nitrogens is 5. The van der Waals surface area contributed by atoms with E-state index in [1.54, 1.807) is 20.8 Å². The Morgan fingerprint density at radius 1 is 1.05 bits per heavy atom. The molecular weight excluding hydrogens is 536 g/mol. The van der Waals surface area contributed by atoms with E-state index in [0.717, 1.165) is 18.9 Å². The smallest absolute Gasteiger partial charge is 0.424 e. The number of hydrogen-bond acceptors (Lipinski definition) is 9. The molecule has 5 rings (SSSR count). The molecule has 2 bridgehead atoms. The minimum atomic E-state index is -5.29. The number of hydrogen-bond donors (Lipinski definition) is 1. The molecular formula is C23H25F6N7O3. The van der Waals surface area contributed by atoms with Crippen molar-refractivity contribution in [2.45, 2.75) is 58.2 Å². The lowest BCUT2D eigenvalue weighted by atomic mass is 9.92. The van der Waals surface area contributed by atoms with Crippen LogP contribution in [-0.4, -0.2) is 50.5 Å². The van der Waals surface area contributed by atoms with Crippen molar-refractivity contribution >= 4 is 12.0 Å². The van der Waals surface area contributed by atoms with Crippen molar-refractivity contribution in [3.8, 4) is 17.5 Å². The standard InChI is InChI=1S/C23H25F6N7O3/c1-11(2)36-20(38-15-6-7-17(39-23(27,28)29)16(8-15)22(24,25)26)31-19(34-36)30-18-13-4-5-14(18)10-35(9-13)21-33-32-12(3)37-21/h6-8,11,13-14,18H,4-5,9-10H2,1-3H3,(H,30,34)/t13-,14+,18?. The van der Waals surface area contributed by atoms with E-state index in [4.69, 9.17) is 9.15 Å². The van der Waals surface area contributed by atoms with Gasteiger partial charge in [0, 0.05) is 26.1 Å². The number of ether oxygens (including phenoxy) is 2. The summed E-state index contributed by atoms with van der Waals surface area (Å²) in [6, 6.07) is 2.05. The Bertz CT molecular complexity index is 1310. The summed E-state index contributed by atoms with van der Waals surface area (Å²) in [6.45, 7) is 6.67. The number of rotatable bonds is 7. The summed E-state index contributed by atoms with van der Waals surface area (Å²) < 4.78 is 94.3. The SMILES string of the molecule is Cc1nnc(N2C[C@H]3CC[C@@H](C2)C3Nc2nc(Oc3ccc(OC(F)(F)F)c(C(F)(F)F)c3)n(C(C)C)n2)o1. The molecule has 0 amide bonds. The first-order valence-corrected chi connectivity index (χ1v) is 12.2. The van der Waals surface area contributed by atoms with E-state index in [-0.39, 0.29) is 41.6 Å². The second-order valence-electron chi connectivity index (χ2n) is 9.84. The number of nitrogens with zero attached hydrogens (tertiary/aromatic N) is 6. The molecule has 39 heavy (non-hydrogen) atoms. The average Bonchev–Trinajstić information content (AvgIpc) is 3.49. The minimum absolute atomic E-state index is 0.0387. The molecule has 3 atom stereocenters. The van der Waals surface area contributed by atoms with Crippen LogP contribution in [0.15, 0.2) is 22.6 Å². The van der Waals surface area contributed by atoms with Crippen LogP contribution in [0.1, 0.15) is 44.2 Å². The highest BCUT2D eigenvalue weighted by atomic mass is 19.4. The van der Waals surface area contributed by atoms with Crippen LogP contribution in [0.4, 0.5) is 38.3 Å². The monoisotopic (exact) mass is 561 g/mol. The van der Waals surface area contributed by atoms with Crippen molar-refractivity contribution in [3.05, 3.63) is 29.7 Å². The summed E-state index contributed by atoms with van der Waals surface area (Å²) in [6.07, 6.45) is -8.48. The van der Waals surface area contributed by atoms with Crippen LogP contribution >= 0.6 is 0 Å². The summed E-state index contributed by atoms with van der Waals surface area (Å²) in [4.78, 5) is 6.40. The van der Waals surface area contributed by atoms with Crippen LogP contribution in [0, 0.1) is 18.8 Å². The fourth-order valence-corrected chi connectivity index (χ4v) is 5.07. The Kier molecular flexibility index (Phi) is 6.74. The molecule has 1 saturated carbocycles. The van der Waals surface area contributed by atoms with Crippen molar-refractivity contribution in [2.24, 2.45) is 11.8 Å². The second kappa shape index (κ2) is 9.79. The zero-order valence-electron chi connectivity index (χ0n) is 21.0. The Morgan fingerprint density at radius 3 is 2.31 bits per heavy atom. The number of benzene rings is 1. The van der Waals surface area contributed by atoms with Crippen LogP contribution in [0.5, 0.6) is 17.5 Å². The maximum Gasteiger partial charge on any atom is 0.573 e. The number of piperidine rings is 1. The molecule has 212 valence electrons. The van der Waals surface area contributed by atoms with Crippen LogP contribution in [0.2, 0.25) is 0 Å². The first-order chi connectivity index (χ1) is 18.3. The molecule has 1 aliphatic heterocycles. The number of nitrogens with one attached hydrogen (secondary N) is 1. The number of anilines is 2. The fraction of sp³-hybridized carbons (Fsp3) is 0.565. The van der Waals surface area contributed by atoms with E-state index in [1.165, 1.54) is 4.68 Å². The largest absolute Gasteiger partial charge is 0.573 e. The molecule has 16 heteroatoms. The topological polar surface area (TPSA) is 103 Å². The van der Waals surface area contributed by atoms with Gasteiger partial charge in [0.15, 0.2) is 0 Å². The van der Waals surface area contributed by atoms with Gasteiger partial charge in [0.25, 0.3) is 0 Å². The lowest BCUT2D eigenvalue weighted by Gasteiger charge is -2.37. The lowest BCUT2D eigenvalue weighted by Crippen LogP contribution is -2.48. The van der Waals surface area contributed by atoms with Gasteiger partial charge in [-0.05, 0) is 56.7 Å². The summed E-state index contributed by atoms with van der Waals surface area (Å²) in [5, 5.41) is 15.8. The van der Waals surface area contributed by atoms with Crippen molar-refractivity contribution in [1.82, 2.24) is 25.0 Å². The average molecular weight is 561 g/mol. The maximum absolute atomic E-state index is 13.5. The van der Waals surface area contributed by atoms with E-state index in [0.29, 0.717) is 37.1 Å². The first-order valence-electron chi connectivity index (χ1n) is 12.2. The van der Waals surface area contributed by atoms with Crippen molar-refractivity contribution < 1.29 is 40.2 Å². The molecule has 2 aliphatic rings. The van der Waals surface area contributed by atoms with Crippen LogP contribution in [0.25, 0.3) is 0 Å². The van der Waals surface area contributed by atoms with Gasteiger partial charge in [0.2, 0.25) is 11.8 Å². The van der Waals surface area contributed by atoms with Gasteiger partial charge in [0.05, 0.1) is 6.04 Å². The highest BCUT2D eigenvalue weighted by molar-refractivity contribution is 5.43. The van der Waals surface area contributed by atoms with Crippen LogP contribution in [-0.2, 0) is 6.18 Å². The third-order valence-corrected chi connectivity index (χ3v) is 6.70. The normalized spacial score (nSPS) is 21.5. The number of alkyl halides is 6. The maximum atomic E-state index is 13.5. The zero-order chi connectivity index (χ0) is 28.1. The van der Waals surface area contributed by atoms with Gasteiger partial charge >= 0.3 is 24.6 Å². The van der Waals surface area contributed by atoms with E-state index in [1.807, 2.05) is 0 Å². The molecule has 1 saturated heterocycles. The Labute approximate surface area is 218 Å². The fourth-order valence-electron chi connectivity index (χ4n) is 5.07. The van der Waals surface area contributed by atoms with Gasteiger partial charge in [-0.3, -0.25) is 0 Å². The molecule has 0 radical (unpaired) electrons. The predicted octanol–water partition coefficient (Wildman–Crippen LogP) is 5.59. The molecule has 1 aliphatic carbocycles. The minimum Gasteiger partial charge on any atom is -0.424 e. The van der Waals surface area contributed by atoms with Gasteiger partial charge in [-0.25, -0.2) is 4.68 Å². The van der Waals surface area contributed by atoms with Crippen molar-refractivity contribution in [3.63, 3.8) is 0 Å². The van der Waals surface area contributed by atoms with Gasteiger partial charge in [0.1, 0.15) is 17.1 Å². The number of halogens is 6. The van der Waals surface area contributed by atoms with Gasteiger partial charge in [-0.2, -0.15) is 18.2 Å². The third-order valence-electron chi connectivity index (χ3n) is 6.70. The predicted molar refractivity (Wildman–Crippen MR) is 123 cm³/mol. The van der Waals surface area contributed by atoms with Gasteiger partial charge in [-0.1, -0.05) is 5.10 Å². The molecule has 3 heterocycles. The highest BCUT2D eigenvalue weighted by Crippen LogP contribution is 2.42. The second-order valence-corrected chi connectivity index (χ2v) is 9.84. The van der Waals surface area contributed by atoms with E-state index >= 15 is 0 Å². The summed E-state index contributed by atoms with van der Waals surface area (Å²) in [5.41, 5.74) is -1.63. The zero-order valence-corrected chi connectivity index (χ0v) is 21.0. The quantitative estimate of drug-likeness (QED) is 0.370. The van der Waals surface area contributed by atoms with Gasteiger partial charge < -0.3 is 24.1 Å². The molecule has 1 N–H and O–H groups in total. The first kappa shape index (κ1) is 26.9. The molecule has 2 aromatic heterocycles. The number of fused-ring (bicyclic) bond motifs is 2. The Morgan fingerprint density at radius 2 is 1.74 bits per heavy atom. The lowest BCUT2D eigenvalue weighted by molar-refractivity contribution is -0.276. The van der Waals surface area contributed by atoms with E-state index < -0.39 is 23.9 Å². The highest BCUT2D eigenvalue weighted by Gasteiger charge is 2.44. The third kappa shape index (κ3) is 5.83. The van der Waals surface area contributed by atoms with E-state index in [9.17, 15) is 26.3 Å². The molecule has 3 aromatic rings. The molecule has 10 nitrogen and oxygen atoms in total. The summed E-state index contributed by atoms with van der Waals surface area (Å²) in [5.74, 6) is -0.564. The molecule has 0 spiro atoms. The van der Waals surface area contributed by atoms with Crippen LogP contribution in [0.3, 0.4) is 0 Å². The molecule has 1 unspecified atom stereocenters. The summed E-state index contributed by atoms with van der Waals surface area (Å²) in [7, 11) is 0. The van der Waals surface area contributed by atoms with Crippen LogP contribution < -0.4 is 19.7 Å². The van der Waals surface area contributed by atoms with E-state index in [2.05, 4.69) is 35.2 Å².